The molecule has 1 aromatic heterocycles. The molecule has 1 aliphatic rings. The predicted molar refractivity (Wildman–Crippen MR) is 91.5 cm³/mol. The van der Waals surface area contributed by atoms with Crippen LogP contribution < -0.4 is 0 Å². The Morgan fingerprint density at radius 2 is 2.00 bits per heavy atom. The van der Waals surface area contributed by atoms with E-state index >= 15 is 0 Å². The van der Waals surface area contributed by atoms with E-state index in [1.54, 1.807) is 11.0 Å². The van der Waals surface area contributed by atoms with Crippen molar-refractivity contribution >= 4 is 5.91 Å². The first kappa shape index (κ1) is 15.4. The van der Waals surface area contributed by atoms with Gasteiger partial charge in [-0.3, -0.25) is 9.78 Å². The highest BCUT2D eigenvalue weighted by Crippen LogP contribution is 2.36. The number of carbonyl (C=O) groups excluding carboxylic acids is 1. The molecule has 4 rings (SSSR count). The Hall–Kier alpha value is -3.08. The van der Waals surface area contributed by atoms with Gasteiger partial charge in [0.2, 0.25) is 0 Å². The molecule has 0 bridgehead atoms. The Kier molecular flexibility index (Phi) is 3.98. The molecule has 4 nitrogen and oxygen atoms in total. The van der Waals surface area contributed by atoms with E-state index < -0.39 is 0 Å². The SMILES string of the molecule is O=C(c1cnccn1)N1CCc2ccccc2C1c1cccc(F)c1. The molecule has 0 radical (unpaired) electrons. The maximum atomic E-state index is 13.8. The molecule has 0 saturated carbocycles. The van der Waals surface area contributed by atoms with Crippen molar-refractivity contribution in [1.29, 1.82) is 0 Å². The summed E-state index contributed by atoms with van der Waals surface area (Å²) in [5, 5.41) is 0. The maximum absolute atomic E-state index is 13.8. The zero-order valence-corrected chi connectivity index (χ0v) is 13.5. The third-order valence-electron chi connectivity index (χ3n) is 4.49. The number of carbonyl (C=O) groups is 1. The first-order valence-corrected chi connectivity index (χ1v) is 8.14. The van der Waals surface area contributed by atoms with E-state index in [1.165, 1.54) is 36.3 Å². The summed E-state index contributed by atoms with van der Waals surface area (Å²) in [5.74, 6) is -0.510. The molecule has 0 spiro atoms. The highest BCUT2D eigenvalue weighted by atomic mass is 19.1. The molecule has 2 aromatic carbocycles. The number of nitrogens with zero attached hydrogens (tertiary/aromatic N) is 3. The number of amides is 1. The summed E-state index contributed by atoms with van der Waals surface area (Å²) < 4.78 is 13.8. The van der Waals surface area contributed by atoms with Crippen molar-refractivity contribution in [3.05, 3.63) is 95.3 Å². The lowest BCUT2D eigenvalue weighted by Gasteiger charge is -2.37. The van der Waals surface area contributed by atoms with Crippen molar-refractivity contribution in [2.24, 2.45) is 0 Å². The van der Waals surface area contributed by atoms with Crippen LogP contribution in [0.4, 0.5) is 4.39 Å². The predicted octanol–water partition coefficient (Wildman–Crippen LogP) is 3.40. The largest absolute Gasteiger partial charge is 0.326 e. The molecule has 124 valence electrons. The quantitative estimate of drug-likeness (QED) is 0.722. The van der Waals surface area contributed by atoms with Crippen molar-refractivity contribution in [3.63, 3.8) is 0 Å². The zero-order valence-electron chi connectivity index (χ0n) is 13.5. The Labute approximate surface area is 145 Å². The lowest BCUT2D eigenvalue weighted by Crippen LogP contribution is -2.41. The van der Waals surface area contributed by atoms with Crippen LogP contribution in [0.3, 0.4) is 0 Å². The minimum Gasteiger partial charge on any atom is -0.326 e. The number of hydrogen-bond donors (Lipinski definition) is 0. The maximum Gasteiger partial charge on any atom is 0.274 e. The molecule has 0 aliphatic carbocycles. The molecule has 0 fully saturated rings. The van der Waals surface area contributed by atoms with Crippen molar-refractivity contribution in [3.8, 4) is 0 Å². The fourth-order valence-corrected chi connectivity index (χ4v) is 3.38. The summed E-state index contributed by atoms with van der Waals surface area (Å²) in [7, 11) is 0. The summed E-state index contributed by atoms with van der Waals surface area (Å²) >= 11 is 0. The van der Waals surface area contributed by atoms with Gasteiger partial charge < -0.3 is 4.90 Å². The highest BCUT2D eigenvalue weighted by Gasteiger charge is 2.33. The second-order valence-electron chi connectivity index (χ2n) is 6.00. The molecule has 3 aromatic rings. The Bertz CT molecular complexity index is 914. The molecule has 1 amide bonds. The molecule has 1 unspecified atom stereocenters. The Morgan fingerprint density at radius 1 is 1.12 bits per heavy atom. The Balaban J connectivity index is 1.82. The average molecular weight is 333 g/mol. The highest BCUT2D eigenvalue weighted by molar-refractivity contribution is 5.92. The normalized spacial score (nSPS) is 16.4. The molecule has 0 saturated heterocycles. The first-order chi connectivity index (χ1) is 12.2. The van der Waals surface area contributed by atoms with Gasteiger partial charge in [0.25, 0.3) is 5.91 Å². The monoisotopic (exact) mass is 333 g/mol. The second kappa shape index (κ2) is 6.43. The molecule has 0 N–H and O–H groups in total. The van der Waals surface area contributed by atoms with E-state index in [0.717, 1.165) is 17.5 Å². The van der Waals surface area contributed by atoms with Crippen LogP contribution in [0.5, 0.6) is 0 Å². The van der Waals surface area contributed by atoms with Crippen molar-refractivity contribution in [1.82, 2.24) is 14.9 Å². The van der Waals surface area contributed by atoms with Gasteiger partial charge in [-0.1, -0.05) is 36.4 Å². The van der Waals surface area contributed by atoms with Gasteiger partial charge in [0, 0.05) is 18.9 Å². The van der Waals surface area contributed by atoms with E-state index in [9.17, 15) is 9.18 Å². The van der Waals surface area contributed by atoms with Gasteiger partial charge in [-0.2, -0.15) is 0 Å². The summed E-state index contributed by atoms with van der Waals surface area (Å²) in [6.07, 6.45) is 5.26. The van der Waals surface area contributed by atoms with Gasteiger partial charge in [0.15, 0.2) is 0 Å². The fourth-order valence-electron chi connectivity index (χ4n) is 3.38. The third kappa shape index (κ3) is 2.89. The van der Waals surface area contributed by atoms with Crippen LogP contribution in [0.25, 0.3) is 0 Å². The lowest BCUT2D eigenvalue weighted by atomic mass is 9.88. The number of halogens is 1. The van der Waals surface area contributed by atoms with Crippen molar-refractivity contribution < 1.29 is 9.18 Å². The van der Waals surface area contributed by atoms with Gasteiger partial charge in [0.05, 0.1) is 12.2 Å². The van der Waals surface area contributed by atoms with Crippen LogP contribution in [-0.4, -0.2) is 27.3 Å². The van der Waals surface area contributed by atoms with Gasteiger partial charge in [-0.15, -0.1) is 0 Å². The van der Waals surface area contributed by atoms with Gasteiger partial charge in [-0.25, -0.2) is 9.37 Å². The van der Waals surface area contributed by atoms with Crippen LogP contribution in [0.1, 0.15) is 33.2 Å². The van der Waals surface area contributed by atoms with Crippen LogP contribution in [-0.2, 0) is 6.42 Å². The van der Waals surface area contributed by atoms with Gasteiger partial charge >= 0.3 is 0 Å². The zero-order chi connectivity index (χ0) is 17.2. The number of aromatic nitrogens is 2. The summed E-state index contributed by atoms with van der Waals surface area (Å²) in [6.45, 7) is 0.549. The first-order valence-electron chi connectivity index (χ1n) is 8.14. The van der Waals surface area contributed by atoms with Gasteiger partial charge in [-0.05, 0) is 35.2 Å². The minimum absolute atomic E-state index is 0.197. The van der Waals surface area contributed by atoms with E-state index in [4.69, 9.17) is 0 Å². The number of rotatable bonds is 2. The molecular formula is C20H16FN3O. The molecule has 25 heavy (non-hydrogen) atoms. The van der Waals surface area contributed by atoms with Crippen LogP contribution in [0.15, 0.2) is 67.1 Å². The molecule has 2 heterocycles. The summed E-state index contributed by atoms with van der Waals surface area (Å²) in [4.78, 5) is 22.9. The average Bonchev–Trinajstić information content (AvgIpc) is 2.67. The lowest BCUT2D eigenvalue weighted by molar-refractivity contribution is 0.0687. The molecule has 5 heteroatoms. The topological polar surface area (TPSA) is 46.1 Å². The van der Waals surface area contributed by atoms with E-state index in [0.29, 0.717) is 12.2 Å². The van der Waals surface area contributed by atoms with E-state index in [-0.39, 0.29) is 17.8 Å². The summed E-state index contributed by atoms with van der Waals surface area (Å²) in [5.41, 5.74) is 3.25. The summed E-state index contributed by atoms with van der Waals surface area (Å²) in [6, 6.07) is 14.1. The molecule has 1 aliphatic heterocycles. The molecule has 1 atom stereocenters. The third-order valence-corrected chi connectivity index (χ3v) is 4.49. The van der Waals surface area contributed by atoms with Gasteiger partial charge in [0.1, 0.15) is 11.5 Å². The van der Waals surface area contributed by atoms with Crippen LogP contribution >= 0.6 is 0 Å². The minimum atomic E-state index is -0.338. The van der Waals surface area contributed by atoms with E-state index in [1.807, 2.05) is 24.3 Å². The standard InChI is InChI=1S/C20H16FN3O/c21-16-6-3-5-15(12-16)19-17-7-2-1-4-14(17)8-11-24(19)20(25)18-13-22-9-10-23-18/h1-7,9-10,12-13,19H,8,11H2. The van der Waals surface area contributed by atoms with Crippen LogP contribution in [0, 0.1) is 5.82 Å². The smallest absolute Gasteiger partial charge is 0.274 e. The van der Waals surface area contributed by atoms with Crippen LogP contribution in [0.2, 0.25) is 0 Å². The number of benzene rings is 2. The van der Waals surface area contributed by atoms with Crippen molar-refractivity contribution in [2.75, 3.05) is 6.54 Å². The fraction of sp³-hybridized carbons (Fsp3) is 0.150. The molecular weight excluding hydrogens is 317 g/mol. The number of hydrogen-bond acceptors (Lipinski definition) is 3. The number of fused-ring (bicyclic) bond motifs is 1. The Morgan fingerprint density at radius 3 is 2.80 bits per heavy atom. The van der Waals surface area contributed by atoms with Crippen molar-refractivity contribution in [2.45, 2.75) is 12.5 Å². The van der Waals surface area contributed by atoms with E-state index in [2.05, 4.69) is 16.0 Å². The second-order valence-corrected chi connectivity index (χ2v) is 6.00.